The van der Waals surface area contributed by atoms with E-state index < -0.39 is 6.04 Å². The lowest BCUT2D eigenvalue weighted by Gasteiger charge is -2.00. The molecule has 0 fully saturated rings. The van der Waals surface area contributed by atoms with Gasteiger partial charge >= 0.3 is 0 Å². The fourth-order valence-corrected chi connectivity index (χ4v) is 1.96. The first-order chi connectivity index (χ1) is 10.7. The van der Waals surface area contributed by atoms with E-state index in [9.17, 15) is 14.9 Å². The molecule has 1 unspecified atom stereocenters. The minimum atomic E-state index is -0.661. The molecule has 1 atom stereocenters. The van der Waals surface area contributed by atoms with Gasteiger partial charge in [-0.1, -0.05) is 50.1 Å². The highest BCUT2D eigenvalue weighted by molar-refractivity contribution is 5.48. The van der Waals surface area contributed by atoms with Crippen LogP contribution in [0.1, 0.15) is 64.7 Å². The molecule has 0 radical (unpaired) electrons. The number of allylic oxidation sites excluding steroid dienone is 4. The molecule has 0 saturated heterocycles. The van der Waals surface area contributed by atoms with Crippen LogP contribution in [0.5, 0.6) is 0 Å². The summed E-state index contributed by atoms with van der Waals surface area (Å²) in [6, 6.07) is -0.661. The Morgan fingerprint density at radius 3 is 2.32 bits per heavy atom. The predicted molar refractivity (Wildman–Crippen MR) is 91.5 cm³/mol. The zero-order valence-corrected chi connectivity index (χ0v) is 13.7. The minimum absolute atomic E-state index is 0.252. The summed E-state index contributed by atoms with van der Waals surface area (Å²) in [5, 5.41) is 11.0. The Labute approximate surface area is 134 Å². The molecule has 0 aliphatic rings. The quantitative estimate of drug-likeness (QED) is 0.113. The Morgan fingerprint density at radius 2 is 1.64 bits per heavy atom. The predicted octanol–water partition coefficient (Wildman–Crippen LogP) is 5.03. The van der Waals surface area contributed by atoms with E-state index in [0.29, 0.717) is 12.8 Å². The first-order valence-corrected chi connectivity index (χ1v) is 8.27. The number of carbonyl (C=O) groups excluding carboxylic acids is 1. The van der Waals surface area contributed by atoms with Gasteiger partial charge in [0.25, 0.3) is 0 Å². The second kappa shape index (κ2) is 15.7. The molecule has 4 nitrogen and oxygen atoms in total. The van der Waals surface area contributed by atoms with Gasteiger partial charge in [0.1, 0.15) is 6.29 Å². The summed E-state index contributed by atoms with van der Waals surface area (Å²) in [7, 11) is 0. The third-order valence-electron chi connectivity index (χ3n) is 3.31. The molecular formula is C18H29NO3. The Balaban J connectivity index is 3.97. The van der Waals surface area contributed by atoms with Crippen LogP contribution in [0.4, 0.5) is 0 Å². The van der Waals surface area contributed by atoms with Gasteiger partial charge in [0, 0.05) is 17.8 Å². The average Bonchev–Trinajstić information content (AvgIpc) is 2.50. The molecule has 0 amide bonds. The monoisotopic (exact) mass is 307 g/mol. The zero-order valence-electron chi connectivity index (χ0n) is 13.7. The number of nitrogens with zero attached hydrogens (tertiary/aromatic N) is 1. The summed E-state index contributed by atoms with van der Waals surface area (Å²) in [6.45, 7) is 2.17. The van der Waals surface area contributed by atoms with Crippen molar-refractivity contribution < 1.29 is 9.72 Å². The van der Waals surface area contributed by atoms with Crippen LogP contribution in [-0.4, -0.2) is 17.3 Å². The topological polar surface area (TPSA) is 60.2 Å². The Kier molecular flexibility index (Phi) is 14.5. The summed E-state index contributed by atoms with van der Waals surface area (Å²) in [4.78, 5) is 20.9. The van der Waals surface area contributed by atoms with E-state index in [2.05, 4.69) is 13.0 Å². The lowest BCUT2D eigenvalue weighted by molar-refractivity contribution is -0.508. The maximum atomic E-state index is 11.0. The van der Waals surface area contributed by atoms with E-state index in [4.69, 9.17) is 0 Å². The Bertz CT molecular complexity index is 373. The molecule has 0 aromatic rings. The number of unbranched alkanes of at least 4 members (excludes halogenated alkanes) is 6. The lowest BCUT2D eigenvalue weighted by atomic mass is 10.1. The number of aldehydes is 1. The van der Waals surface area contributed by atoms with Crippen molar-refractivity contribution in [2.45, 2.75) is 70.8 Å². The minimum Gasteiger partial charge on any atom is -0.303 e. The van der Waals surface area contributed by atoms with Crippen LogP contribution in [0.25, 0.3) is 0 Å². The van der Waals surface area contributed by atoms with Gasteiger partial charge in [-0.05, 0) is 38.2 Å². The standard InChI is InChI=1S/C18H29NO3/c1-2-3-4-5-6-9-12-15-18(19(21)22)16-13-10-7-8-11-14-17-20/h6,9-10,12-13,15,17-18H,2-5,7-8,11,14,16H2,1H3/b9-6-,13-10-,15-12+. The van der Waals surface area contributed by atoms with Crippen LogP contribution in [0.15, 0.2) is 36.5 Å². The highest BCUT2D eigenvalue weighted by atomic mass is 16.6. The SMILES string of the molecule is CCCCC/C=C\C=C\C(C/C=C\CCCCC=O)[N+](=O)[O-]. The van der Waals surface area contributed by atoms with Crippen molar-refractivity contribution in [1.82, 2.24) is 0 Å². The highest BCUT2D eigenvalue weighted by Crippen LogP contribution is 2.05. The number of nitro groups is 1. The van der Waals surface area contributed by atoms with Gasteiger partial charge in [-0.25, -0.2) is 0 Å². The molecule has 0 N–H and O–H groups in total. The molecule has 4 heteroatoms. The van der Waals surface area contributed by atoms with Gasteiger partial charge in [0.15, 0.2) is 0 Å². The third kappa shape index (κ3) is 13.3. The maximum absolute atomic E-state index is 11.0. The van der Waals surface area contributed by atoms with Crippen molar-refractivity contribution in [3.8, 4) is 0 Å². The molecule has 0 saturated carbocycles. The molecule has 0 heterocycles. The van der Waals surface area contributed by atoms with Crippen LogP contribution in [0.3, 0.4) is 0 Å². The van der Waals surface area contributed by atoms with Gasteiger partial charge in [-0.2, -0.15) is 0 Å². The van der Waals surface area contributed by atoms with Gasteiger partial charge in [-0.3, -0.25) is 10.1 Å². The fraction of sp³-hybridized carbons (Fsp3) is 0.611. The normalized spacial score (nSPS) is 13.3. The number of rotatable bonds is 14. The number of carbonyl (C=O) groups is 1. The highest BCUT2D eigenvalue weighted by Gasteiger charge is 2.12. The van der Waals surface area contributed by atoms with Crippen LogP contribution in [-0.2, 0) is 4.79 Å². The summed E-state index contributed by atoms with van der Waals surface area (Å²) in [6.07, 6.45) is 20.5. The van der Waals surface area contributed by atoms with E-state index >= 15 is 0 Å². The van der Waals surface area contributed by atoms with Crippen LogP contribution in [0.2, 0.25) is 0 Å². The van der Waals surface area contributed by atoms with Crippen molar-refractivity contribution in [3.05, 3.63) is 46.6 Å². The molecule has 0 rings (SSSR count). The van der Waals surface area contributed by atoms with Crippen molar-refractivity contribution in [2.75, 3.05) is 0 Å². The summed E-state index contributed by atoms with van der Waals surface area (Å²) in [5.41, 5.74) is 0. The summed E-state index contributed by atoms with van der Waals surface area (Å²) >= 11 is 0. The number of hydrogen-bond acceptors (Lipinski definition) is 3. The van der Waals surface area contributed by atoms with Crippen molar-refractivity contribution in [2.24, 2.45) is 0 Å². The second-order valence-corrected chi connectivity index (χ2v) is 5.32. The van der Waals surface area contributed by atoms with Gasteiger partial charge in [0.05, 0.1) is 0 Å². The van der Waals surface area contributed by atoms with Crippen molar-refractivity contribution in [3.63, 3.8) is 0 Å². The van der Waals surface area contributed by atoms with Gasteiger partial charge in [0.2, 0.25) is 6.04 Å². The largest absolute Gasteiger partial charge is 0.303 e. The molecule has 124 valence electrons. The second-order valence-electron chi connectivity index (χ2n) is 5.32. The molecule has 0 spiro atoms. The maximum Gasteiger partial charge on any atom is 0.234 e. The van der Waals surface area contributed by atoms with E-state index in [0.717, 1.165) is 32.0 Å². The van der Waals surface area contributed by atoms with Crippen LogP contribution >= 0.6 is 0 Å². The average molecular weight is 307 g/mol. The van der Waals surface area contributed by atoms with Crippen molar-refractivity contribution in [1.29, 1.82) is 0 Å². The third-order valence-corrected chi connectivity index (χ3v) is 3.31. The first kappa shape index (κ1) is 20.3. The van der Waals surface area contributed by atoms with E-state index in [-0.39, 0.29) is 4.92 Å². The van der Waals surface area contributed by atoms with Gasteiger partial charge < -0.3 is 4.79 Å². The Morgan fingerprint density at radius 1 is 0.955 bits per heavy atom. The molecule has 0 aromatic heterocycles. The van der Waals surface area contributed by atoms with Crippen LogP contribution in [0, 0.1) is 10.1 Å². The van der Waals surface area contributed by atoms with Crippen LogP contribution < -0.4 is 0 Å². The first-order valence-electron chi connectivity index (χ1n) is 8.27. The van der Waals surface area contributed by atoms with Crippen molar-refractivity contribution >= 4 is 6.29 Å². The van der Waals surface area contributed by atoms with E-state index in [1.165, 1.54) is 19.3 Å². The number of hydrogen-bond donors (Lipinski definition) is 0. The summed E-state index contributed by atoms with van der Waals surface area (Å²) < 4.78 is 0. The fourth-order valence-electron chi connectivity index (χ4n) is 1.96. The molecule has 22 heavy (non-hydrogen) atoms. The Hall–Kier alpha value is -1.71. The molecular weight excluding hydrogens is 278 g/mol. The van der Waals surface area contributed by atoms with Gasteiger partial charge in [-0.15, -0.1) is 0 Å². The van der Waals surface area contributed by atoms with E-state index in [1.807, 2.05) is 18.2 Å². The molecule has 0 aliphatic carbocycles. The lowest BCUT2D eigenvalue weighted by Crippen LogP contribution is -2.15. The van der Waals surface area contributed by atoms with E-state index in [1.54, 1.807) is 12.2 Å². The molecule has 0 bridgehead atoms. The smallest absolute Gasteiger partial charge is 0.234 e. The summed E-state index contributed by atoms with van der Waals surface area (Å²) in [5.74, 6) is 0. The molecule has 0 aliphatic heterocycles. The molecule has 0 aromatic carbocycles. The zero-order chi connectivity index (χ0) is 16.5.